The summed E-state index contributed by atoms with van der Waals surface area (Å²) in [5, 5.41) is 40.4. The van der Waals surface area contributed by atoms with Gasteiger partial charge >= 0.3 is 0 Å². The second-order valence-electron chi connectivity index (χ2n) is 7.55. The van der Waals surface area contributed by atoms with Gasteiger partial charge in [0.15, 0.2) is 17.4 Å². The predicted molar refractivity (Wildman–Crippen MR) is 131 cm³/mol. The topological polar surface area (TPSA) is 183 Å². The first-order valence-corrected chi connectivity index (χ1v) is 11.0. The molecule has 184 valence electrons. The molecule has 0 saturated carbocycles. The van der Waals surface area contributed by atoms with Crippen molar-refractivity contribution < 1.29 is 19.7 Å². The smallest absolute Gasteiger partial charge is 0.260 e. The maximum atomic E-state index is 11.0. The van der Waals surface area contributed by atoms with Crippen molar-refractivity contribution in [3.05, 3.63) is 60.6 Å². The van der Waals surface area contributed by atoms with Crippen molar-refractivity contribution in [2.75, 3.05) is 31.7 Å². The van der Waals surface area contributed by atoms with Crippen molar-refractivity contribution in [3.63, 3.8) is 0 Å². The fraction of sp³-hybridized carbons (Fsp3) is 0.174. The second kappa shape index (κ2) is 9.85. The van der Waals surface area contributed by atoms with E-state index in [-0.39, 0.29) is 54.7 Å². The molecule has 0 bridgehead atoms. The van der Waals surface area contributed by atoms with Gasteiger partial charge in [-0.25, -0.2) is 19.0 Å². The largest absolute Gasteiger partial charge is 0.852 e. The van der Waals surface area contributed by atoms with Crippen LogP contribution in [0.5, 0.6) is 11.8 Å². The van der Waals surface area contributed by atoms with E-state index >= 15 is 0 Å². The normalized spacial score (nSPS) is 14.8. The number of pyridine rings is 2. The number of aromatic nitrogens is 4. The van der Waals surface area contributed by atoms with Gasteiger partial charge in [-0.2, -0.15) is 0 Å². The molecule has 0 radical (unpaired) electrons. The lowest BCUT2D eigenvalue weighted by atomic mass is 10.2. The molecule has 0 spiro atoms. The number of anilines is 1. The molecule has 1 aliphatic heterocycles. The summed E-state index contributed by atoms with van der Waals surface area (Å²) < 4.78 is 14.3. The number of fused-ring (bicyclic) bond motifs is 2. The molecule has 0 aromatic carbocycles. The average molecular weight is 488 g/mol. The van der Waals surface area contributed by atoms with Gasteiger partial charge in [-0.1, -0.05) is 12.1 Å². The summed E-state index contributed by atoms with van der Waals surface area (Å²) >= 11 is 0. The Morgan fingerprint density at radius 1 is 1.03 bits per heavy atom. The van der Waals surface area contributed by atoms with Crippen LogP contribution in [-0.4, -0.2) is 68.1 Å². The number of hydrogen-bond donors (Lipinski definition) is 4. The average Bonchev–Trinajstić information content (AvgIpc) is 3.42. The quantitative estimate of drug-likeness (QED) is 0.276. The number of rotatable bonds is 8. The molecule has 0 aliphatic carbocycles. The lowest BCUT2D eigenvalue weighted by Crippen LogP contribution is -2.29. The Labute approximate surface area is 204 Å². The van der Waals surface area contributed by atoms with E-state index in [9.17, 15) is 10.2 Å². The highest BCUT2D eigenvalue weighted by Gasteiger charge is 2.23. The van der Waals surface area contributed by atoms with Crippen molar-refractivity contribution >= 4 is 39.8 Å². The third-order valence-corrected chi connectivity index (χ3v) is 5.14. The summed E-state index contributed by atoms with van der Waals surface area (Å²) in [4.78, 5) is 9.10. The van der Waals surface area contributed by atoms with Gasteiger partial charge < -0.3 is 30.7 Å². The van der Waals surface area contributed by atoms with Crippen molar-refractivity contribution in [3.8, 4) is 11.8 Å². The van der Waals surface area contributed by atoms with Gasteiger partial charge in [0.1, 0.15) is 12.3 Å². The lowest BCUT2D eigenvalue weighted by molar-refractivity contribution is -0.371. The van der Waals surface area contributed by atoms with E-state index in [0.29, 0.717) is 22.4 Å². The van der Waals surface area contributed by atoms with Crippen LogP contribution in [0.2, 0.25) is 0 Å². The predicted octanol–water partition coefficient (Wildman–Crippen LogP) is 0.509. The number of nitrogens with one attached hydrogen (secondary N) is 2. The van der Waals surface area contributed by atoms with E-state index in [2.05, 4.69) is 25.5 Å². The van der Waals surface area contributed by atoms with Crippen LogP contribution in [0.25, 0.3) is 11.0 Å². The van der Waals surface area contributed by atoms with E-state index in [4.69, 9.17) is 20.6 Å². The van der Waals surface area contributed by atoms with Crippen LogP contribution in [0.1, 0.15) is 0 Å². The molecule has 4 aromatic rings. The van der Waals surface area contributed by atoms with Crippen LogP contribution in [0, 0.1) is 5.41 Å². The van der Waals surface area contributed by atoms with Gasteiger partial charge in [-0.15, -0.1) is 16.8 Å². The maximum absolute atomic E-state index is 11.0. The first-order valence-electron chi connectivity index (χ1n) is 11.0. The Hall–Kier alpha value is -4.75. The van der Waals surface area contributed by atoms with Crippen LogP contribution in [0.4, 0.5) is 11.4 Å². The molecule has 0 unspecified atom stereocenters. The third-order valence-electron chi connectivity index (χ3n) is 5.14. The molecular weight excluding hydrogens is 466 g/mol. The Kier molecular flexibility index (Phi) is 6.30. The molecule has 5 heterocycles. The molecule has 1 aliphatic rings. The van der Waals surface area contributed by atoms with Crippen LogP contribution < -0.4 is 25.6 Å². The minimum absolute atomic E-state index is 0.0214. The SMILES string of the molecule is N=C1C=C(N)C(=Nc2c(OCCO)nn3ccccc23)N=C1Nc1c(OCC[O-])nn2ccccc12. The molecular formula is C23H22N9O4-. The molecule has 36 heavy (non-hydrogen) atoms. The van der Waals surface area contributed by atoms with Gasteiger partial charge in [0.05, 0.1) is 35.7 Å². The van der Waals surface area contributed by atoms with E-state index < -0.39 is 6.61 Å². The van der Waals surface area contributed by atoms with Crippen molar-refractivity contribution in [1.29, 1.82) is 5.41 Å². The summed E-state index contributed by atoms with van der Waals surface area (Å²) in [5.41, 5.74) is 8.51. The van der Waals surface area contributed by atoms with Crippen molar-refractivity contribution in [2.24, 2.45) is 15.7 Å². The van der Waals surface area contributed by atoms with Gasteiger partial charge in [0.2, 0.25) is 0 Å². The number of hydrogen-bond acceptors (Lipinski definition) is 10. The molecule has 13 nitrogen and oxygen atoms in total. The summed E-state index contributed by atoms with van der Waals surface area (Å²) in [6.07, 6.45) is 4.91. The number of aliphatic imine (C=N–C) groups is 2. The second-order valence-corrected chi connectivity index (χ2v) is 7.55. The zero-order chi connectivity index (χ0) is 25.1. The monoisotopic (exact) mass is 488 g/mol. The number of aliphatic hydroxyl groups is 1. The van der Waals surface area contributed by atoms with Crippen molar-refractivity contribution in [2.45, 2.75) is 0 Å². The number of nitrogens with two attached hydrogens (primary N) is 1. The number of ether oxygens (including phenoxy) is 2. The highest BCUT2D eigenvalue weighted by molar-refractivity contribution is 6.52. The summed E-state index contributed by atoms with van der Waals surface area (Å²) in [6.45, 7) is -0.645. The first-order chi connectivity index (χ1) is 17.6. The van der Waals surface area contributed by atoms with Crippen molar-refractivity contribution in [1.82, 2.24) is 19.2 Å². The number of nitrogens with zero attached hydrogens (tertiary/aromatic N) is 6. The Morgan fingerprint density at radius 3 is 2.47 bits per heavy atom. The molecule has 5 N–H and O–H groups in total. The van der Waals surface area contributed by atoms with E-state index in [1.165, 1.54) is 6.08 Å². The molecule has 0 atom stereocenters. The fourth-order valence-corrected chi connectivity index (χ4v) is 3.57. The van der Waals surface area contributed by atoms with Crippen LogP contribution in [0.15, 0.2) is 70.5 Å². The molecule has 5 rings (SSSR count). The Bertz CT molecular complexity index is 1530. The highest BCUT2D eigenvalue weighted by atomic mass is 16.5. The standard InChI is InChI=1S/C23H22N9O4/c24-14-13-15(25)21(27-19-17-6-2-4-8-32(17)30-23(19)36-12-10-34)28-20(14)26-18-16-5-1-3-7-31(16)29-22(18)35-11-9-33/h1-8,13,24,34H,9-12,25H2,(H,26,27,28)/q-1. The minimum atomic E-state index is -0.430. The van der Waals surface area contributed by atoms with E-state index in [0.717, 1.165) is 0 Å². The summed E-state index contributed by atoms with van der Waals surface area (Å²) in [7, 11) is 0. The zero-order valence-electron chi connectivity index (χ0n) is 19.0. The highest BCUT2D eigenvalue weighted by Crippen LogP contribution is 2.33. The maximum Gasteiger partial charge on any atom is 0.260 e. The zero-order valence-corrected chi connectivity index (χ0v) is 19.0. The van der Waals surface area contributed by atoms with E-state index in [1.807, 2.05) is 36.4 Å². The molecule has 0 fully saturated rings. The Morgan fingerprint density at radius 2 is 1.72 bits per heavy atom. The van der Waals surface area contributed by atoms with Gasteiger partial charge in [0.25, 0.3) is 11.8 Å². The molecule has 0 saturated heterocycles. The summed E-state index contributed by atoms with van der Waals surface area (Å²) in [6, 6.07) is 10.9. The van der Waals surface area contributed by atoms with Gasteiger partial charge in [-0.3, -0.25) is 5.41 Å². The fourth-order valence-electron chi connectivity index (χ4n) is 3.57. The Balaban J connectivity index is 1.56. The minimum Gasteiger partial charge on any atom is -0.852 e. The van der Waals surface area contributed by atoms with Gasteiger partial charge in [-0.05, 0) is 30.3 Å². The first kappa shape index (κ1) is 23.0. The molecule has 13 heteroatoms. The van der Waals surface area contributed by atoms with E-state index in [1.54, 1.807) is 21.4 Å². The molecule has 4 aromatic heterocycles. The summed E-state index contributed by atoms with van der Waals surface area (Å²) in [5.74, 6) is 0.704. The van der Waals surface area contributed by atoms with Crippen LogP contribution in [0.3, 0.4) is 0 Å². The van der Waals surface area contributed by atoms with Crippen LogP contribution >= 0.6 is 0 Å². The number of amidine groups is 2. The number of dihydropyridines is 1. The van der Waals surface area contributed by atoms with Gasteiger partial charge in [0, 0.05) is 12.4 Å². The molecule has 0 amide bonds. The number of aliphatic hydroxyl groups excluding tert-OH is 1. The third kappa shape index (κ3) is 4.35. The lowest BCUT2D eigenvalue weighted by Gasteiger charge is -2.15. The van der Waals surface area contributed by atoms with Crippen LogP contribution in [-0.2, 0) is 0 Å².